The molecule has 6 rings (SSSR count). The highest BCUT2D eigenvalue weighted by molar-refractivity contribution is 6.30. The number of hydrogen-bond donors (Lipinski definition) is 1. The summed E-state index contributed by atoms with van der Waals surface area (Å²) in [6.45, 7) is 1.93. The second kappa shape index (κ2) is 8.71. The summed E-state index contributed by atoms with van der Waals surface area (Å²) in [6, 6.07) is 11.1. The third kappa shape index (κ3) is 3.62. The van der Waals surface area contributed by atoms with Crippen molar-refractivity contribution in [3.05, 3.63) is 92.8 Å². The van der Waals surface area contributed by atoms with E-state index in [9.17, 15) is 14.0 Å². The Labute approximate surface area is 224 Å². The van der Waals surface area contributed by atoms with Crippen molar-refractivity contribution < 1.29 is 14.0 Å². The van der Waals surface area contributed by atoms with E-state index in [0.29, 0.717) is 34.3 Å². The fourth-order valence-electron chi connectivity index (χ4n) is 6.50. The van der Waals surface area contributed by atoms with Gasteiger partial charge in [-0.25, -0.2) is 9.40 Å². The Morgan fingerprint density at radius 2 is 1.92 bits per heavy atom. The molecule has 4 aliphatic rings. The van der Waals surface area contributed by atoms with Gasteiger partial charge >= 0.3 is 0 Å². The van der Waals surface area contributed by atoms with Crippen LogP contribution in [-0.2, 0) is 9.59 Å². The molecule has 2 amide bonds. The van der Waals surface area contributed by atoms with Gasteiger partial charge in [-0.05, 0) is 59.5 Å². The van der Waals surface area contributed by atoms with Gasteiger partial charge in [0.2, 0.25) is 5.91 Å². The lowest BCUT2D eigenvalue weighted by molar-refractivity contribution is -0.138. The summed E-state index contributed by atoms with van der Waals surface area (Å²) in [5.41, 5.74) is 2.08. The number of nitrogens with one attached hydrogen (secondary N) is 1. The van der Waals surface area contributed by atoms with Crippen LogP contribution in [0.5, 0.6) is 0 Å². The molecule has 2 aromatic rings. The Bertz CT molecular complexity index is 1440. The number of likely N-dealkylation sites (N-methyl/N-ethyl adjacent to an activating group) is 1. The van der Waals surface area contributed by atoms with Crippen LogP contribution in [0.1, 0.15) is 41.5 Å². The molecule has 0 saturated carbocycles. The highest BCUT2D eigenvalue weighted by Gasteiger charge is 2.65. The summed E-state index contributed by atoms with van der Waals surface area (Å²) in [5.74, 6) is -0.484. The van der Waals surface area contributed by atoms with Crippen molar-refractivity contribution in [3.8, 4) is 0 Å². The molecule has 1 N–H and O–H groups in total. The van der Waals surface area contributed by atoms with Gasteiger partial charge < -0.3 is 10.2 Å². The minimum absolute atomic E-state index is 0.0296. The van der Waals surface area contributed by atoms with Crippen molar-refractivity contribution >= 4 is 40.9 Å². The Hall–Kier alpha value is -3.16. The van der Waals surface area contributed by atoms with E-state index in [1.54, 1.807) is 19.2 Å². The number of hydrogen-bond acceptors (Lipinski definition) is 4. The smallest absolute Gasteiger partial charge is 0.262 e. The highest BCUT2D eigenvalue weighted by Crippen LogP contribution is 2.62. The van der Waals surface area contributed by atoms with E-state index in [1.807, 2.05) is 42.2 Å². The first-order valence-electron chi connectivity index (χ1n) is 12.2. The monoisotopic (exact) mass is 538 g/mol. The molecule has 37 heavy (non-hydrogen) atoms. The van der Waals surface area contributed by atoms with Crippen LogP contribution in [-0.4, -0.2) is 47.2 Å². The Balaban J connectivity index is 1.70. The molecule has 0 bridgehead atoms. The van der Waals surface area contributed by atoms with Crippen LogP contribution >= 0.6 is 23.2 Å². The molecule has 1 unspecified atom stereocenters. The van der Waals surface area contributed by atoms with Gasteiger partial charge in [-0.1, -0.05) is 47.5 Å². The number of carbonyl (C=O) groups excluding carboxylic acids is 2. The molecule has 4 atom stereocenters. The lowest BCUT2D eigenvalue weighted by atomic mass is 9.57. The maximum Gasteiger partial charge on any atom is 0.262 e. The molecular weight excluding hydrogens is 514 g/mol. The summed E-state index contributed by atoms with van der Waals surface area (Å²) in [6.07, 6.45) is 4.63. The van der Waals surface area contributed by atoms with E-state index in [1.165, 1.54) is 17.1 Å². The van der Waals surface area contributed by atoms with Gasteiger partial charge in [-0.3, -0.25) is 9.59 Å². The van der Waals surface area contributed by atoms with Crippen LogP contribution in [0.25, 0.3) is 0 Å². The van der Waals surface area contributed by atoms with Gasteiger partial charge in [0, 0.05) is 35.9 Å². The zero-order chi connectivity index (χ0) is 26.1. The van der Waals surface area contributed by atoms with Gasteiger partial charge in [0.1, 0.15) is 23.6 Å². The number of fused-ring (bicyclic) bond motifs is 3. The Kier molecular flexibility index (Phi) is 5.69. The summed E-state index contributed by atoms with van der Waals surface area (Å²) in [7, 11) is 1.63. The molecule has 2 aromatic carbocycles. The Morgan fingerprint density at radius 3 is 2.70 bits per heavy atom. The topological polar surface area (TPSA) is 65.0 Å². The number of amides is 2. The number of carbonyl (C=O) groups is 2. The highest BCUT2D eigenvalue weighted by atomic mass is 35.5. The second-order valence-corrected chi connectivity index (χ2v) is 11.0. The average molecular weight is 539 g/mol. The zero-order valence-electron chi connectivity index (χ0n) is 20.3. The normalized spacial score (nSPS) is 28.9. The largest absolute Gasteiger partial charge is 0.348 e. The van der Waals surface area contributed by atoms with Crippen LogP contribution in [0.4, 0.5) is 4.39 Å². The van der Waals surface area contributed by atoms with Gasteiger partial charge in [-0.2, -0.15) is 5.10 Å². The van der Waals surface area contributed by atoms with Crippen molar-refractivity contribution in [3.63, 3.8) is 0 Å². The molecule has 2 fully saturated rings. The van der Waals surface area contributed by atoms with E-state index in [2.05, 4.69) is 10.4 Å². The third-order valence-electron chi connectivity index (χ3n) is 8.11. The molecule has 190 valence electrons. The third-order valence-corrected chi connectivity index (χ3v) is 8.62. The zero-order valence-corrected chi connectivity index (χ0v) is 21.9. The first-order valence-corrected chi connectivity index (χ1v) is 13.0. The standard InChI is InChI=1S/C28H25Cl2FN4O2/c1-15-6-8-19(31)12-20(15)26-28(21-9-7-18(30)11-23(21)32-27(28)37)22(16-4-3-5-17(29)10-16)13-24-33-34(2)25(36)14-35(24)26/h3-10,12,22-23,26H,11,13-14H2,1-2H3,(H,32,37)/t22-,23?,26+,28-/m0/s1. The number of nitrogens with zero attached hydrogens (tertiary/aromatic N) is 3. The molecule has 2 saturated heterocycles. The van der Waals surface area contributed by atoms with Crippen molar-refractivity contribution in [1.29, 1.82) is 0 Å². The maximum atomic E-state index is 14.8. The van der Waals surface area contributed by atoms with Crippen LogP contribution in [0.3, 0.4) is 0 Å². The number of amidine groups is 1. The number of halogens is 3. The minimum Gasteiger partial charge on any atom is -0.348 e. The van der Waals surface area contributed by atoms with Crippen LogP contribution < -0.4 is 5.32 Å². The summed E-state index contributed by atoms with van der Waals surface area (Å²) >= 11 is 12.8. The van der Waals surface area contributed by atoms with Gasteiger partial charge in [-0.15, -0.1) is 0 Å². The summed E-state index contributed by atoms with van der Waals surface area (Å²) in [4.78, 5) is 29.2. The fraction of sp³-hybridized carbons (Fsp3) is 0.321. The molecule has 3 heterocycles. The van der Waals surface area contributed by atoms with Crippen LogP contribution in [0.15, 0.2) is 70.3 Å². The first kappa shape index (κ1) is 24.2. The fourth-order valence-corrected chi connectivity index (χ4v) is 6.92. The number of piperidine rings is 1. The summed E-state index contributed by atoms with van der Waals surface area (Å²) < 4.78 is 14.8. The second-order valence-electron chi connectivity index (χ2n) is 10.1. The van der Waals surface area contributed by atoms with E-state index in [-0.39, 0.29) is 30.3 Å². The van der Waals surface area contributed by atoms with Crippen LogP contribution in [0.2, 0.25) is 5.02 Å². The van der Waals surface area contributed by atoms with Gasteiger partial charge in [0.15, 0.2) is 0 Å². The average Bonchev–Trinajstić information content (AvgIpc) is 3.13. The van der Waals surface area contributed by atoms with E-state index in [4.69, 9.17) is 23.2 Å². The molecule has 1 spiro atoms. The molecule has 1 aliphatic carbocycles. The lowest BCUT2D eigenvalue weighted by Crippen LogP contribution is -2.60. The number of hydrazone groups is 1. The Morgan fingerprint density at radius 1 is 1.11 bits per heavy atom. The number of aryl methyl sites for hydroxylation is 1. The van der Waals surface area contributed by atoms with E-state index in [0.717, 1.165) is 16.7 Å². The number of benzene rings is 2. The quantitative estimate of drug-likeness (QED) is 0.582. The van der Waals surface area contributed by atoms with E-state index >= 15 is 0 Å². The number of rotatable bonds is 2. The minimum atomic E-state index is -1.16. The van der Waals surface area contributed by atoms with Crippen molar-refractivity contribution in [2.24, 2.45) is 10.5 Å². The van der Waals surface area contributed by atoms with Crippen LogP contribution in [0, 0.1) is 18.2 Å². The van der Waals surface area contributed by atoms with Crippen molar-refractivity contribution in [2.45, 2.75) is 37.8 Å². The molecule has 9 heteroatoms. The SMILES string of the molecule is Cc1ccc(F)cc1[C@H]1N2CC(=O)N(C)N=C2C[C@@H](c2cccc(Cl)c2)[C@]12C(=O)NC1CC(Cl)=CC=C12. The molecule has 6 nitrogen and oxygen atoms in total. The lowest BCUT2D eigenvalue weighted by Gasteiger charge is -2.54. The van der Waals surface area contributed by atoms with Gasteiger partial charge in [0.05, 0.1) is 12.1 Å². The van der Waals surface area contributed by atoms with Gasteiger partial charge in [0.25, 0.3) is 5.91 Å². The molecular formula is C28H25Cl2FN4O2. The molecule has 3 aliphatic heterocycles. The molecule has 0 aromatic heterocycles. The summed E-state index contributed by atoms with van der Waals surface area (Å²) in [5, 5.41) is 10.4. The predicted octanol–water partition coefficient (Wildman–Crippen LogP) is 5.04. The molecule has 0 radical (unpaired) electrons. The number of allylic oxidation sites excluding steroid dienone is 2. The maximum absolute atomic E-state index is 14.8. The predicted molar refractivity (Wildman–Crippen MR) is 141 cm³/mol. The van der Waals surface area contributed by atoms with Crippen molar-refractivity contribution in [2.75, 3.05) is 13.6 Å². The van der Waals surface area contributed by atoms with Crippen molar-refractivity contribution in [1.82, 2.24) is 15.2 Å². The first-order chi connectivity index (χ1) is 17.7. The van der Waals surface area contributed by atoms with E-state index < -0.39 is 17.3 Å².